The minimum Gasteiger partial charge on any atom is -0.508 e. The third-order valence-electron chi connectivity index (χ3n) is 12.7. The Hall–Kier alpha value is -6.21. The highest BCUT2D eigenvalue weighted by molar-refractivity contribution is 7.22. The summed E-state index contributed by atoms with van der Waals surface area (Å²) in [5.41, 5.74) is 5.86. The van der Waals surface area contributed by atoms with Crippen LogP contribution in [0.4, 0.5) is 0 Å². The number of nitrogens with zero attached hydrogens (tertiary/aromatic N) is 3. The molecule has 72 heavy (non-hydrogen) atoms. The van der Waals surface area contributed by atoms with Crippen LogP contribution in [0.15, 0.2) is 96.5 Å². The van der Waals surface area contributed by atoms with E-state index in [-0.39, 0.29) is 67.7 Å². The molecule has 1 fully saturated rings. The number of likely N-dealkylation sites (N-methyl/N-ethyl adjacent to an activating group) is 1. The number of ketones is 1. The lowest BCUT2D eigenvalue weighted by atomic mass is 9.85. The summed E-state index contributed by atoms with van der Waals surface area (Å²) in [5.74, 6) is -0.428. The monoisotopic (exact) mass is 1020 g/mol. The topological polar surface area (TPSA) is 200 Å². The maximum absolute atomic E-state index is 14.1. The summed E-state index contributed by atoms with van der Waals surface area (Å²) in [6, 6.07) is 24.5. The van der Waals surface area contributed by atoms with Crippen LogP contribution in [0.3, 0.4) is 0 Å². The molecule has 3 amide bonds. The number of hydrogen-bond donors (Lipinski definition) is 5. The Kier molecular flexibility index (Phi) is 18.2. The van der Waals surface area contributed by atoms with E-state index in [4.69, 9.17) is 14.2 Å². The smallest absolute Gasteiger partial charge is 0.246 e. The second-order valence-corrected chi connectivity index (χ2v) is 20.9. The first-order chi connectivity index (χ1) is 34.5. The van der Waals surface area contributed by atoms with E-state index in [0.29, 0.717) is 49.8 Å². The molecule has 4 aromatic carbocycles. The van der Waals surface area contributed by atoms with Gasteiger partial charge in [0.05, 0.1) is 54.7 Å². The third-order valence-corrected chi connectivity index (χ3v) is 14.9. The van der Waals surface area contributed by atoms with Gasteiger partial charge in [0, 0.05) is 58.6 Å². The van der Waals surface area contributed by atoms with Crippen molar-refractivity contribution in [3.63, 3.8) is 0 Å². The zero-order valence-corrected chi connectivity index (χ0v) is 43.3. The number of aryl methyl sites for hydroxylation is 1. The fourth-order valence-electron chi connectivity index (χ4n) is 8.62. The van der Waals surface area contributed by atoms with Crippen molar-refractivity contribution in [2.24, 2.45) is 5.41 Å². The molecule has 0 unspecified atom stereocenters. The van der Waals surface area contributed by atoms with Gasteiger partial charge in [-0.25, -0.2) is 4.98 Å². The van der Waals surface area contributed by atoms with Crippen LogP contribution in [0.25, 0.3) is 31.0 Å². The average molecular weight is 1020 g/mol. The van der Waals surface area contributed by atoms with E-state index in [1.54, 1.807) is 78.1 Å². The number of aromatic hydroxyl groups is 2. The lowest BCUT2D eigenvalue weighted by Crippen LogP contribution is -2.58. The second-order valence-electron chi connectivity index (χ2n) is 19.0. The van der Waals surface area contributed by atoms with Crippen LogP contribution in [0.1, 0.15) is 80.7 Å². The summed E-state index contributed by atoms with van der Waals surface area (Å²) in [7, 11) is 0. The number of thiazole rings is 1. The molecule has 382 valence electrons. The molecule has 1 aliphatic rings. The van der Waals surface area contributed by atoms with Crippen molar-refractivity contribution in [3.05, 3.63) is 119 Å². The molecule has 7 rings (SSSR count). The van der Waals surface area contributed by atoms with Crippen LogP contribution in [0, 0.1) is 12.3 Å². The number of amides is 3. The predicted octanol–water partition coefficient (Wildman–Crippen LogP) is 8.14. The number of phenolic OH excluding ortho intramolecular Hbond substituents is 2. The number of thiophene rings is 1. The van der Waals surface area contributed by atoms with Crippen molar-refractivity contribution in [2.75, 3.05) is 59.2 Å². The Morgan fingerprint density at radius 1 is 0.833 bits per heavy atom. The van der Waals surface area contributed by atoms with E-state index in [2.05, 4.69) is 27.4 Å². The van der Waals surface area contributed by atoms with Gasteiger partial charge in [-0.05, 0) is 109 Å². The Balaban J connectivity index is 0.797. The van der Waals surface area contributed by atoms with E-state index in [1.807, 2.05) is 64.4 Å². The predicted molar refractivity (Wildman–Crippen MR) is 281 cm³/mol. The molecule has 0 saturated carbocycles. The van der Waals surface area contributed by atoms with E-state index in [0.717, 1.165) is 48.8 Å². The zero-order chi connectivity index (χ0) is 51.5. The normalized spacial score (nSPS) is 15.7. The number of rotatable bonds is 23. The third kappa shape index (κ3) is 13.6. The van der Waals surface area contributed by atoms with E-state index >= 15 is 0 Å². The zero-order valence-electron chi connectivity index (χ0n) is 41.7. The standard InChI is InChI=1S/C55H65N5O10S2/c1-7-59(24-27-70-43-19-14-37(15-20-43)49(65)48-44-21-18-41(62)31-46(44)72-51(48)39-12-16-40(61)17-13-39)23-26-69-29-28-68-25-22-47(64)58-52(55(4,5)6)54(67)60-32-42(63)30-45(60)53(66)57-34(2)36-8-10-38(11-9-36)50-35(3)56-33-71-50/h8-21,31,33-34,42,45,52,61-63H,7,22-30,32H2,1-6H3,(H,57,66)(H,58,64)/t34-,42+,45-,52+/m0/s1. The van der Waals surface area contributed by atoms with Crippen molar-refractivity contribution in [1.29, 1.82) is 0 Å². The minimum atomic E-state index is -0.943. The molecule has 15 nitrogen and oxygen atoms in total. The van der Waals surface area contributed by atoms with Crippen LogP contribution in [0.5, 0.6) is 17.2 Å². The number of ether oxygens (including phenoxy) is 3. The number of β-amino-alcohol motifs (C(OH)–C–C–N with tert-alkyl or cyclic N) is 1. The maximum atomic E-state index is 14.1. The van der Waals surface area contributed by atoms with Crippen molar-refractivity contribution in [3.8, 4) is 38.1 Å². The summed E-state index contributed by atoms with van der Waals surface area (Å²) in [6.07, 6.45) is -0.763. The first kappa shape index (κ1) is 53.6. The van der Waals surface area contributed by atoms with Gasteiger partial charge in [-0.15, -0.1) is 22.7 Å². The Bertz CT molecular complexity index is 2790. The van der Waals surface area contributed by atoms with Crippen molar-refractivity contribution < 1.29 is 48.7 Å². The van der Waals surface area contributed by atoms with Gasteiger partial charge in [0.2, 0.25) is 17.7 Å². The van der Waals surface area contributed by atoms with E-state index in [1.165, 1.54) is 16.2 Å². The van der Waals surface area contributed by atoms with Gasteiger partial charge in [-0.2, -0.15) is 0 Å². The summed E-state index contributed by atoms with van der Waals surface area (Å²) in [6.45, 7) is 15.2. The highest BCUT2D eigenvalue weighted by atomic mass is 32.1. The molecule has 0 spiro atoms. The number of hydrogen-bond acceptors (Lipinski definition) is 14. The van der Waals surface area contributed by atoms with Crippen molar-refractivity contribution >= 4 is 56.3 Å². The quantitative estimate of drug-likeness (QED) is 0.0305. The molecule has 1 aliphatic heterocycles. The number of phenols is 2. The summed E-state index contributed by atoms with van der Waals surface area (Å²) < 4.78 is 18.3. The van der Waals surface area contributed by atoms with Gasteiger partial charge in [0.1, 0.15) is 35.9 Å². The number of nitrogens with one attached hydrogen (secondary N) is 2. The number of aliphatic hydroxyl groups excluding tert-OH is 1. The molecule has 0 radical (unpaired) electrons. The molecule has 2 aromatic heterocycles. The van der Waals surface area contributed by atoms with Crippen LogP contribution in [0.2, 0.25) is 0 Å². The average Bonchev–Trinajstić information content (AvgIpc) is 4.09. The fourth-order valence-corrected chi connectivity index (χ4v) is 10.7. The summed E-state index contributed by atoms with van der Waals surface area (Å²) >= 11 is 2.99. The molecule has 0 bridgehead atoms. The number of likely N-dealkylation sites (tertiary alicyclic amines) is 1. The Morgan fingerprint density at radius 2 is 1.49 bits per heavy atom. The minimum absolute atomic E-state index is 0.0154. The fraction of sp³-hybridized carbons (Fsp3) is 0.400. The SMILES string of the molecule is CCN(CCOCCOCCC(=O)N[C@H](C(=O)N1C[C@H](O)C[C@H]1C(=O)N[C@@H](C)c1ccc(-c2scnc2C)cc1)C(C)(C)C)CCOc1ccc(C(=O)c2c(-c3ccc(O)cc3)sc3cc(O)ccc23)cc1. The molecule has 4 atom stereocenters. The van der Waals surface area contributed by atoms with Gasteiger partial charge in [-0.3, -0.25) is 24.1 Å². The largest absolute Gasteiger partial charge is 0.508 e. The highest BCUT2D eigenvalue weighted by Gasteiger charge is 2.44. The van der Waals surface area contributed by atoms with E-state index in [9.17, 15) is 34.5 Å². The van der Waals surface area contributed by atoms with Gasteiger partial charge in [0.25, 0.3) is 0 Å². The van der Waals surface area contributed by atoms with E-state index < -0.39 is 29.5 Å². The van der Waals surface area contributed by atoms with Crippen molar-refractivity contribution in [2.45, 2.75) is 78.6 Å². The maximum Gasteiger partial charge on any atom is 0.246 e. The number of aromatic nitrogens is 1. The van der Waals surface area contributed by atoms with Gasteiger partial charge >= 0.3 is 0 Å². The summed E-state index contributed by atoms with van der Waals surface area (Å²) in [4.78, 5) is 64.6. The Morgan fingerprint density at radius 3 is 2.15 bits per heavy atom. The number of carbonyl (C=O) groups is 4. The molecule has 3 heterocycles. The van der Waals surface area contributed by atoms with Gasteiger partial charge in [0.15, 0.2) is 5.78 Å². The first-order valence-electron chi connectivity index (χ1n) is 24.3. The van der Waals surface area contributed by atoms with Gasteiger partial charge < -0.3 is 45.1 Å². The van der Waals surface area contributed by atoms with Crippen LogP contribution < -0.4 is 15.4 Å². The lowest BCUT2D eigenvalue weighted by Gasteiger charge is -2.35. The highest BCUT2D eigenvalue weighted by Crippen LogP contribution is 2.42. The molecule has 1 saturated heterocycles. The molecular weight excluding hydrogens is 955 g/mol. The van der Waals surface area contributed by atoms with Crippen LogP contribution in [-0.4, -0.2) is 131 Å². The molecule has 0 aliphatic carbocycles. The number of benzene rings is 4. The lowest BCUT2D eigenvalue weighted by molar-refractivity contribution is -0.144. The van der Waals surface area contributed by atoms with Crippen LogP contribution in [-0.2, 0) is 23.9 Å². The van der Waals surface area contributed by atoms with Crippen LogP contribution >= 0.6 is 22.7 Å². The van der Waals surface area contributed by atoms with Crippen molar-refractivity contribution in [1.82, 2.24) is 25.4 Å². The molecule has 6 aromatic rings. The second kappa shape index (κ2) is 24.5. The molecule has 17 heteroatoms. The first-order valence-corrected chi connectivity index (χ1v) is 26.0. The Labute approximate surface area is 428 Å². The van der Waals surface area contributed by atoms with Gasteiger partial charge in [-0.1, -0.05) is 52.0 Å². The summed E-state index contributed by atoms with van der Waals surface area (Å²) in [5, 5.41) is 37.3. The number of carbonyl (C=O) groups excluding carboxylic acids is 4. The molecular formula is C55H65N5O10S2. The number of fused-ring (bicyclic) bond motifs is 1. The number of aliphatic hydroxyl groups is 1. The molecule has 5 N–H and O–H groups in total.